The first-order valence-corrected chi connectivity index (χ1v) is 11.9. The van der Waals surface area contributed by atoms with E-state index in [1.54, 1.807) is 35.4 Å². The minimum Gasteiger partial charge on any atom is -0.293 e. The third kappa shape index (κ3) is 5.10. The lowest BCUT2D eigenvalue weighted by molar-refractivity contribution is 0.102. The Labute approximate surface area is 206 Å². The number of hydrogen-bond acceptors (Lipinski definition) is 7. The molecule has 5 rings (SSSR count). The van der Waals surface area contributed by atoms with Crippen molar-refractivity contribution in [1.29, 1.82) is 0 Å². The van der Waals surface area contributed by atoms with Crippen LogP contribution in [-0.4, -0.2) is 47.4 Å². The summed E-state index contributed by atoms with van der Waals surface area (Å²) in [4.78, 5) is 16.7. The third-order valence-electron chi connectivity index (χ3n) is 5.25. The number of benzene rings is 2. The number of rotatable bonds is 8. The van der Waals surface area contributed by atoms with E-state index >= 15 is 0 Å². The number of ketones is 1. The molecule has 0 aliphatic heterocycles. The molecule has 0 N–H and O–H groups in total. The molecule has 0 bridgehead atoms. The second-order valence-electron chi connectivity index (χ2n) is 7.63. The highest BCUT2D eigenvalue weighted by Crippen LogP contribution is 2.24. The van der Waals surface area contributed by atoms with Gasteiger partial charge in [-0.1, -0.05) is 60.3 Å². The minimum atomic E-state index is 0.0135. The molecule has 0 atom stereocenters. The topological polar surface area (TPSA) is 90.8 Å². The maximum atomic E-state index is 12.6. The monoisotopic (exact) mass is 479 g/mol. The molecule has 172 valence electrons. The number of Topliss-reactive ketones (excluding diaryl/α,β-unsaturated/α-hetero) is 1. The standard InChI is InChI=1S/C26H21N7OS/c1-19-22(17-32(31-19)23-10-6-3-7-11-23)16-28-33-25(21-12-14-27-15-13-21)29-30-26(33)35-18-24(34)20-8-4-2-5-9-20/h2-17H,18H2,1H3/b28-16-. The summed E-state index contributed by atoms with van der Waals surface area (Å²) in [6.07, 6.45) is 7.05. The summed E-state index contributed by atoms with van der Waals surface area (Å²) in [7, 11) is 0. The van der Waals surface area contributed by atoms with Crippen LogP contribution in [0.15, 0.2) is 102 Å². The lowest BCUT2D eigenvalue weighted by Crippen LogP contribution is -2.04. The molecule has 3 aromatic heterocycles. The van der Waals surface area contributed by atoms with Crippen molar-refractivity contribution < 1.29 is 4.79 Å². The molecule has 0 amide bonds. The summed E-state index contributed by atoms with van der Waals surface area (Å²) >= 11 is 1.30. The molecule has 0 saturated heterocycles. The predicted molar refractivity (Wildman–Crippen MR) is 136 cm³/mol. The first-order valence-electron chi connectivity index (χ1n) is 10.9. The number of pyridine rings is 1. The Morgan fingerprint density at radius 2 is 1.69 bits per heavy atom. The Morgan fingerprint density at radius 1 is 0.971 bits per heavy atom. The van der Waals surface area contributed by atoms with Crippen LogP contribution in [-0.2, 0) is 0 Å². The van der Waals surface area contributed by atoms with Crippen LogP contribution >= 0.6 is 11.8 Å². The molecular formula is C26H21N7OS. The summed E-state index contributed by atoms with van der Waals surface area (Å²) in [5, 5.41) is 18.5. The van der Waals surface area contributed by atoms with E-state index in [0.29, 0.717) is 16.5 Å². The molecular weight excluding hydrogens is 458 g/mol. The lowest BCUT2D eigenvalue weighted by Gasteiger charge is -2.04. The zero-order valence-electron chi connectivity index (χ0n) is 18.9. The van der Waals surface area contributed by atoms with Crippen LogP contribution in [0.1, 0.15) is 21.6 Å². The van der Waals surface area contributed by atoms with Crippen molar-refractivity contribution in [2.75, 3.05) is 5.75 Å². The molecule has 0 radical (unpaired) electrons. The van der Waals surface area contributed by atoms with Gasteiger partial charge in [-0.3, -0.25) is 9.78 Å². The van der Waals surface area contributed by atoms with Gasteiger partial charge < -0.3 is 0 Å². The van der Waals surface area contributed by atoms with Crippen LogP contribution in [0.25, 0.3) is 17.1 Å². The number of aromatic nitrogens is 6. The Hall–Kier alpha value is -4.37. The fraction of sp³-hybridized carbons (Fsp3) is 0.0769. The Balaban J connectivity index is 1.45. The lowest BCUT2D eigenvalue weighted by atomic mass is 10.2. The maximum Gasteiger partial charge on any atom is 0.212 e. The second-order valence-corrected chi connectivity index (χ2v) is 8.57. The summed E-state index contributed by atoms with van der Waals surface area (Å²) in [5.41, 5.74) is 4.15. The zero-order valence-corrected chi connectivity index (χ0v) is 19.7. The van der Waals surface area contributed by atoms with E-state index in [1.807, 2.05) is 78.5 Å². The average Bonchev–Trinajstić information content (AvgIpc) is 3.50. The smallest absolute Gasteiger partial charge is 0.212 e. The van der Waals surface area contributed by atoms with Crippen LogP contribution in [0, 0.1) is 6.92 Å². The number of carbonyl (C=O) groups excluding carboxylic acids is 1. The van der Waals surface area contributed by atoms with Crippen molar-refractivity contribution in [1.82, 2.24) is 29.6 Å². The molecule has 2 aromatic carbocycles. The summed E-state index contributed by atoms with van der Waals surface area (Å²) in [6.45, 7) is 1.94. The highest BCUT2D eigenvalue weighted by Gasteiger charge is 2.16. The van der Waals surface area contributed by atoms with Gasteiger partial charge in [-0.25, -0.2) is 4.68 Å². The van der Waals surface area contributed by atoms with Crippen LogP contribution in [0.3, 0.4) is 0 Å². The molecule has 0 unspecified atom stereocenters. The number of para-hydroxylation sites is 1. The maximum absolute atomic E-state index is 12.6. The van der Waals surface area contributed by atoms with E-state index in [2.05, 4.69) is 20.3 Å². The Kier molecular flexibility index (Phi) is 6.58. The van der Waals surface area contributed by atoms with Crippen molar-refractivity contribution in [2.24, 2.45) is 5.10 Å². The molecule has 3 heterocycles. The van der Waals surface area contributed by atoms with Crippen LogP contribution in [0.2, 0.25) is 0 Å². The molecule has 0 aliphatic carbocycles. The van der Waals surface area contributed by atoms with Crippen LogP contribution in [0.4, 0.5) is 0 Å². The van der Waals surface area contributed by atoms with Gasteiger partial charge in [0.25, 0.3) is 0 Å². The van der Waals surface area contributed by atoms with Gasteiger partial charge in [-0.05, 0) is 31.2 Å². The van der Waals surface area contributed by atoms with Gasteiger partial charge in [0.15, 0.2) is 11.6 Å². The molecule has 8 nitrogen and oxygen atoms in total. The predicted octanol–water partition coefficient (Wildman–Crippen LogP) is 4.69. The van der Waals surface area contributed by atoms with Gasteiger partial charge in [0.2, 0.25) is 5.16 Å². The SMILES string of the molecule is Cc1nn(-c2ccccc2)cc1/C=N\n1c(SCC(=O)c2ccccc2)nnc1-c1ccncc1. The molecule has 0 saturated carbocycles. The number of nitrogens with zero attached hydrogens (tertiary/aromatic N) is 7. The van der Waals surface area contributed by atoms with Crippen molar-refractivity contribution >= 4 is 23.8 Å². The molecule has 35 heavy (non-hydrogen) atoms. The minimum absolute atomic E-state index is 0.0135. The first-order chi connectivity index (χ1) is 17.2. The number of carbonyl (C=O) groups is 1. The normalized spacial score (nSPS) is 11.2. The van der Waals surface area contributed by atoms with Crippen LogP contribution in [0.5, 0.6) is 0 Å². The van der Waals surface area contributed by atoms with E-state index in [-0.39, 0.29) is 11.5 Å². The Bertz CT molecular complexity index is 1460. The molecule has 5 aromatic rings. The highest BCUT2D eigenvalue weighted by atomic mass is 32.2. The van der Waals surface area contributed by atoms with Crippen LogP contribution < -0.4 is 0 Å². The second kappa shape index (κ2) is 10.3. The molecule has 0 fully saturated rings. The van der Waals surface area contributed by atoms with Gasteiger partial charge in [0.05, 0.1) is 23.3 Å². The highest BCUT2D eigenvalue weighted by molar-refractivity contribution is 7.99. The van der Waals surface area contributed by atoms with E-state index in [1.165, 1.54) is 11.8 Å². The van der Waals surface area contributed by atoms with Crippen molar-refractivity contribution in [3.8, 4) is 17.1 Å². The summed E-state index contributed by atoms with van der Waals surface area (Å²) < 4.78 is 3.47. The van der Waals surface area contributed by atoms with E-state index in [4.69, 9.17) is 5.10 Å². The zero-order chi connectivity index (χ0) is 24.0. The quantitative estimate of drug-likeness (QED) is 0.182. The number of aryl methyl sites for hydroxylation is 1. The third-order valence-corrected chi connectivity index (χ3v) is 6.17. The van der Waals surface area contributed by atoms with Gasteiger partial charge in [0, 0.05) is 35.3 Å². The Morgan fingerprint density at radius 3 is 2.43 bits per heavy atom. The molecule has 0 spiro atoms. The summed E-state index contributed by atoms with van der Waals surface area (Å²) in [5.74, 6) is 0.796. The molecule has 0 aliphatic rings. The van der Waals surface area contributed by atoms with Crippen molar-refractivity contribution in [2.45, 2.75) is 12.1 Å². The fourth-order valence-electron chi connectivity index (χ4n) is 3.41. The van der Waals surface area contributed by atoms with Gasteiger partial charge in [-0.2, -0.15) is 14.9 Å². The molecule has 9 heteroatoms. The van der Waals surface area contributed by atoms with Crippen molar-refractivity contribution in [3.63, 3.8) is 0 Å². The average molecular weight is 480 g/mol. The number of thioether (sulfide) groups is 1. The number of hydrogen-bond donors (Lipinski definition) is 0. The largest absolute Gasteiger partial charge is 0.293 e. The van der Waals surface area contributed by atoms with E-state index in [9.17, 15) is 4.79 Å². The van der Waals surface area contributed by atoms with E-state index in [0.717, 1.165) is 22.5 Å². The van der Waals surface area contributed by atoms with Crippen molar-refractivity contribution in [3.05, 3.63) is 108 Å². The van der Waals surface area contributed by atoms with Gasteiger partial charge in [0.1, 0.15) is 0 Å². The van der Waals surface area contributed by atoms with E-state index < -0.39 is 0 Å². The van der Waals surface area contributed by atoms with Gasteiger partial charge in [-0.15, -0.1) is 10.2 Å². The summed E-state index contributed by atoms with van der Waals surface area (Å²) in [6, 6.07) is 22.8. The van der Waals surface area contributed by atoms with Gasteiger partial charge >= 0.3 is 0 Å². The first kappa shape index (κ1) is 22.4. The fourth-order valence-corrected chi connectivity index (χ4v) is 4.19.